The van der Waals surface area contributed by atoms with Crippen molar-refractivity contribution in [2.75, 3.05) is 5.75 Å². The second-order valence-electron chi connectivity index (χ2n) is 4.79. The zero-order valence-electron chi connectivity index (χ0n) is 12.3. The molecule has 2 aromatic heterocycles. The van der Waals surface area contributed by atoms with E-state index < -0.39 is 4.92 Å². The van der Waals surface area contributed by atoms with E-state index in [0.29, 0.717) is 33.8 Å². The third-order valence-corrected chi connectivity index (χ3v) is 3.93. The summed E-state index contributed by atoms with van der Waals surface area (Å²) < 4.78 is 5.70. The number of benzene rings is 1. The number of furan rings is 1. The Balaban J connectivity index is 1.82. The van der Waals surface area contributed by atoms with Gasteiger partial charge >= 0.3 is 0 Å². The highest BCUT2D eigenvalue weighted by Crippen LogP contribution is 2.29. The molecule has 0 saturated heterocycles. The number of aliphatic hydroxyl groups excluding tert-OH is 1. The Kier molecular flexibility index (Phi) is 4.34. The molecular weight excluding hydrogens is 332 g/mol. The minimum absolute atomic E-state index is 0.00645. The van der Waals surface area contributed by atoms with Gasteiger partial charge < -0.3 is 9.52 Å². The minimum atomic E-state index is -0.456. The summed E-state index contributed by atoms with van der Waals surface area (Å²) in [6.45, 7) is 3.39. The largest absolute Gasteiger partial charge is 0.512 e. The lowest BCUT2D eigenvalue weighted by atomic mass is 10.1. The molecule has 0 atom stereocenters. The van der Waals surface area contributed by atoms with Gasteiger partial charge in [-0.15, -0.1) is 5.10 Å². The number of non-ortho nitro benzene ring substituents is 1. The van der Waals surface area contributed by atoms with Gasteiger partial charge in [0, 0.05) is 17.7 Å². The van der Waals surface area contributed by atoms with Crippen molar-refractivity contribution in [3.8, 4) is 22.9 Å². The lowest BCUT2D eigenvalue weighted by Gasteiger charge is -1.97. The molecule has 2 heterocycles. The molecular formula is C15H12N4O4S. The number of nitro groups is 1. The maximum absolute atomic E-state index is 10.8. The predicted molar refractivity (Wildman–Crippen MR) is 88.7 cm³/mol. The van der Waals surface area contributed by atoms with Crippen molar-refractivity contribution in [3.63, 3.8) is 0 Å². The molecule has 122 valence electrons. The van der Waals surface area contributed by atoms with E-state index in [0.717, 1.165) is 0 Å². The van der Waals surface area contributed by atoms with Crippen molar-refractivity contribution in [2.24, 2.45) is 0 Å². The number of nitrogens with zero attached hydrogens (tertiary/aromatic N) is 3. The Morgan fingerprint density at radius 2 is 2.17 bits per heavy atom. The van der Waals surface area contributed by atoms with Crippen LogP contribution in [0.4, 0.5) is 5.69 Å². The second-order valence-corrected chi connectivity index (χ2v) is 5.74. The van der Waals surface area contributed by atoms with E-state index in [2.05, 4.69) is 21.8 Å². The molecule has 2 N–H and O–H groups in total. The molecule has 24 heavy (non-hydrogen) atoms. The highest BCUT2D eigenvalue weighted by atomic mass is 32.2. The van der Waals surface area contributed by atoms with E-state index in [1.807, 2.05) is 0 Å². The van der Waals surface area contributed by atoms with Crippen LogP contribution in [-0.2, 0) is 0 Å². The minimum Gasteiger partial charge on any atom is -0.512 e. The van der Waals surface area contributed by atoms with Crippen LogP contribution < -0.4 is 0 Å². The molecule has 0 saturated carbocycles. The van der Waals surface area contributed by atoms with Gasteiger partial charge in [-0.1, -0.05) is 30.5 Å². The number of H-pyrrole nitrogens is 1. The molecule has 0 amide bonds. The van der Waals surface area contributed by atoms with E-state index in [4.69, 9.17) is 9.52 Å². The standard InChI is InChI=1S/C15H12N4O4S/c1-9(20)8-24-15-16-14(17-18-15)13-6-5-12(23-13)10-3-2-4-11(7-10)19(21)22/h2-7,20H,1,8H2,(H,16,17,18). The maximum Gasteiger partial charge on any atom is 0.270 e. The summed E-state index contributed by atoms with van der Waals surface area (Å²) in [7, 11) is 0. The van der Waals surface area contributed by atoms with Gasteiger partial charge in [0.15, 0.2) is 11.6 Å². The monoisotopic (exact) mass is 344 g/mol. The van der Waals surface area contributed by atoms with Crippen LogP contribution >= 0.6 is 11.8 Å². The van der Waals surface area contributed by atoms with Crippen LogP contribution in [0.1, 0.15) is 0 Å². The number of thioether (sulfide) groups is 1. The SMILES string of the molecule is C=C(O)CSc1n[nH]c(-c2ccc(-c3cccc([N+](=O)[O-])c3)o2)n1. The van der Waals surface area contributed by atoms with E-state index in [9.17, 15) is 10.1 Å². The van der Waals surface area contributed by atoms with Crippen molar-refractivity contribution < 1.29 is 14.4 Å². The normalized spacial score (nSPS) is 10.7. The lowest BCUT2D eigenvalue weighted by molar-refractivity contribution is -0.384. The predicted octanol–water partition coefficient (Wildman–Crippen LogP) is 3.80. The molecule has 9 heteroatoms. The van der Waals surface area contributed by atoms with E-state index in [1.54, 1.807) is 24.3 Å². The smallest absolute Gasteiger partial charge is 0.270 e. The number of aromatic amines is 1. The Morgan fingerprint density at radius 3 is 2.92 bits per heavy atom. The van der Waals surface area contributed by atoms with Gasteiger partial charge in [0.25, 0.3) is 5.69 Å². The fraction of sp³-hybridized carbons (Fsp3) is 0.0667. The van der Waals surface area contributed by atoms with Crippen molar-refractivity contribution in [2.45, 2.75) is 5.16 Å². The summed E-state index contributed by atoms with van der Waals surface area (Å²) in [5.74, 6) is 1.71. The van der Waals surface area contributed by atoms with Crippen LogP contribution in [0.25, 0.3) is 22.9 Å². The fourth-order valence-corrected chi connectivity index (χ4v) is 2.52. The zero-order valence-corrected chi connectivity index (χ0v) is 13.1. The van der Waals surface area contributed by atoms with Gasteiger partial charge in [0.1, 0.15) is 5.76 Å². The summed E-state index contributed by atoms with van der Waals surface area (Å²) >= 11 is 1.23. The van der Waals surface area contributed by atoms with Crippen molar-refractivity contribution in [3.05, 3.63) is 58.9 Å². The first kappa shape index (κ1) is 15.8. The summed E-state index contributed by atoms with van der Waals surface area (Å²) in [6, 6.07) is 9.59. The number of nitrogens with one attached hydrogen (secondary N) is 1. The van der Waals surface area contributed by atoms with Gasteiger partial charge in [0.05, 0.1) is 16.4 Å². The highest BCUT2D eigenvalue weighted by molar-refractivity contribution is 7.99. The van der Waals surface area contributed by atoms with Gasteiger partial charge in [-0.3, -0.25) is 15.2 Å². The fourth-order valence-electron chi connectivity index (χ4n) is 1.96. The molecule has 1 aromatic carbocycles. The summed E-state index contributed by atoms with van der Waals surface area (Å²) in [5.41, 5.74) is 0.592. The van der Waals surface area contributed by atoms with Gasteiger partial charge in [-0.2, -0.15) is 4.98 Å². The molecule has 0 aliphatic heterocycles. The molecule has 0 bridgehead atoms. The lowest BCUT2D eigenvalue weighted by Crippen LogP contribution is -1.87. The Morgan fingerprint density at radius 1 is 1.38 bits per heavy atom. The van der Waals surface area contributed by atoms with Crippen LogP contribution in [0.2, 0.25) is 0 Å². The van der Waals surface area contributed by atoms with E-state index >= 15 is 0 Å². The van der Waals surface area contributed by atoms with Crippen molar-refractivity contribution in [1.29, 1.82) is 0 Å². The average Bonchev–Trinajstić information content (AvgIpc) is 3.22. The Bertz CT molecular complexity index is 902. The van der Waals surface area contributed by atoms with Crippen LogP contribution in [0.3, 0.4) is 0 Å². The molecule has 3 rings (SSSR count). The Hall–Kier alpha value is -3.07. The molecule has 0 radical (unpaired) electrons. The first-order chi connectivity index (χ1) is 11.5. The van der Waals surface area contributed by atoms with E-state index in [1.165, 1.54) is 23.9 Å². The first-order valence-electron chi connectivity index (χ1n) is 6.80. The molecule has 8 nitrogen and oxygen atoms in total. The molecule has 0 aliphatic carbocycles. The van der Waals surface area contributed by atoms with Gasteiger partial charge in [-0.05, 0) is 12.1 Å². The van der Waals surface area contributed by atoms with Gasteiger partial charge in [-0.25, -0.2) is 0 Å². The molecule has 3 aromatic rings. The number of hydrogen-bond acceptors (Lipinski definition) is 7. The van der Waals surface area contributed by atoms with Crippen molar-refractivity contribution >= 4 is 17.4 Å². The molecule has 0 spiro atoms. The highest BCUT2D eigenvalue weighted by Gasteiger charge is 2.13. The van der Waals surface area contributed by atoms with Crippen LogP contribution in [0, 0.1) is 10.1 Å². The topological polar surface area (TPSA) is 118 Å². The van der Waals surface area contributed by atoms with Crippen molar-refractivity contribution in [1.82, 2.24) is 15.2 Å². The zero-order chi connectivity index (χ0) is 17.1. The quantitative estimate of drug-likeness (QED) is 0.302. The first-order valence-corrected chi connectivity index (χ1v) is 7.78. The summed E-state index contributed by atoms with van der Waals surface area (Å²) in [6.07, 6.45) is 0. The number of hydrogen-bond donors (Lipinski definition) is 2. The van der Waals surface area contributed by atoms with Gasteiger partial charge in [0.2, 0.25) is 5.16 Å². The van der Waals surface area contributed by atoms with Crippen LogP contribution in [0.5, 0.6) is 0 Å². The maximum atomic E-state index is 10.8. The number of aliphatic hydroxyl groups is 1. The summed E-state index contributed by atoms with van der Waals surface area (Å²) in [5, 5.41) is 27.1. The average molecular weight is 344 g/mol. The third kappa shape index (κ3) is 3.46. The third-order valence-electron chi connectivity index (χ3n) is 3.01. The van der Waals surface area contributed by atoms with E-state index in [-0.39, 0.29) is 11.4 Å². The molecule has 0 aliphatic rings. The number of nitro benzene ring substituents is 1. The second kappa shape index (κ2) is 6.59. The van der Waals surface area contributed by atoms with Crippen LogP contribution in [0.15, 0.2) is 58.3 Å². The summed E-state index contributed by atoms with van der Waals surface area (Å²) in [4.78, 5) is 14.6. The number of rotatable bonds is 6. The number of aromatic nitrogens is 3. The molecule has 0 unspecified atom stereocenters. The molecule has 0 fully saturated rings. The van der Waals surface area contributed by atoms with Crippen LogP contribution in [-0.4, -0.2) is 31.0 Å². The Labute approximate surface area is 140 Å².